The molecule has 3 nitrogen and oxygen atoms in total. The first kappa shape index (κ1) is 11.7. The van der Waals surface area contributed by atoms with Gasteiger partial charge in [0.1, 0.15) is 0 Å². The number of methoxy groups -OCH3 is 1. The number of nitrogens with zero attached hydrogens (tertiary/aromatic N) is 1. The van der Waals surface area contributed by atoms with E-state index in [1.807, 2.05) is 18.2 Å². The van der Waals surface area contributed by atoms with Crippen molar-refractivity contribution in [3.8, 4) is 5.88 Å². The highest BCUT2D eigenvalue weighted by atomic mass is 35.5. The van der Waals surface area contributed by atoms with Crippen molar-refractivity contribution in [1.82, 2.24) is 10.3 Å². The van der Waals surface area contributed by atoms with Crippen LogP contribution in [0.2, 0.25) is 0 Å². The molecule has 0 aromatic carbocycles. The summed E-state index contributed by atoms with van der Waals surface area (Å²) in [6.45, 7) is 1.76. The summed E-state index contributed by atoms with van der Waals surface area (Å²) >= 11 is 5.91. The number of aromatic nitrogens is 1. The molecule has 0 bridgehead atoms. The van der Waals surface area contributed by atoms with Gasteiger partial charge in [0.25, 0.3) is 0 Å². The van der Waals surface area contributed by atoms with E-state index in [1.54, 1.807) is 7.11 Å². The van der Waals surface area contributed by atoms with Crippen molar-refractivity contribution in [2.24, 2.45) is 5.41 Å². The van der Waals surface area contributed by atoms with Crippen LogP contribution in [0.15, 0.2) is 18.2 Å². The van der Waals surface area contributed by atoms with Crippen LogP contribution in [0.25, 0.3) is 0 Å². The van der Waals surface area contributed by atoms with Crippen LogP contribution in [-0.2, 0) is 6.54 Å². The number of hydrogen-bond acceptors (Lipinski definition) is 3. The molecular formula is C12H17ClN2O. The van der Waals surface area contributed by atoms with Crippen molar-refractivity contribution >= 4 is 11.6 Å². The average molecular weight is 241 g/mol. The third kappa shape index (κ3) is 2.86. The molecule has 4 heteroatoms. The highest BCUT2D eigenvalue weighted by molar-refractivity contribution is 6.18. The van der Waals surface area contributed by atoms with Crippen molar-refractivity contribution in [2.75, 3.05) is 19.5 Å². The lowest BCUT2D eigenvalue weighted by Gasteiger charge is -2.12. The van der Waals surface area contributed by atoms with E-state index in [9.17, 15) is 0 Å². The molecule has 1 heterocycles. The van der Waals surface area contributed by atoms with Crippen molar-refractivity contribution in [3.05, 3.63) is 23.9 Å². The summed E-state index contributed by atoms with van der Waals surface area (Å²) in [4.78, 5) is 4.34. The van der Waals surface area contributed by atoms with E-state index in [0.29, 0.717) is 11.3 Å². The predicted molar refractivity (Wildman–Crippen MR) is 64.9 cm³/mol. The van der Waals surface area contributed by atoms with Crippen LogP contribution in [0.4, 0.5) is 0 Å². The zero-order chi connectivity index (χ0) is 11.4. The van der Waals surface area contributed by atoms with Gasteiger partial charge in [0.05, 0.1) is 12.8 Å². The van der Waals surface area contributed by atoms with Crippen LogP contribution < -0.4 is 10.1 Å². The monoisotopic (exact) mass is 240 g/mol. The molecule has 1 fully saturated rings. The van der Waals surface area contributed by atoms with Crippen molar-refractivity contribution in [3.63, 3.8) is 0 Å². The van der Waals surface area contributed by atoms with E-state index >= 15 is 0 Å². The van der Waals surface area contributed by atoms with E-state index in [0.717, 1.165) is 24.7 Å². The molecule has 16 heavy (non-hydrogen) atoms. The Morgan fingerprint density at radius 1 is 1.50 bits per heavy atom. The quantitative estimate of drug-likeness (QED) is 0.775. The molecule has 0 amide bonds. The molecule has 88 valence electrons. The third-order valence-corrected chi connectivity index (χ3v) is 3.60. The molecule has 1 N–H and O–H groups in total. The minimum absolute atomic E-state index is 0.362. The maximum atomic E-state index is 5.91. The number of nitrogens with one attached hydrogen (secondary N) is 1. The summed E-state index contributed by atoms with van der Waals surface area (Å²) in [6.07, 6.45) is 2.49. The van der Waals surface area contributed by atoms with Crippen molar-refractivity contribution < 1.29 is 4.74 Å². The fourth-order valence-electron chi connectivity index (χ4n) is 1.66. The fraction of sp³-hybridized carbons (Fsp3) is 0.583. The Balaban J connectivity index is 1.80. The third-order valence-electron chi connectivity index (χ3n) is 3.04. The van der Waals surface area contributed by atoms with Gasteiger partial charge in [-0.15, -0.1) is 11.6 Å². The smallest absolute Gasteiger partial charge is 0.213 e. The maximum absolute atomic E-state index is 5.91. The van der Waals surface area contributed by atoms with Gasteiger partial charge in [0.2, 0.25) is 5.88 Å². The van der Waals surface area contributed by atoms with Crippen LogP contribution in [0.5, 0.6) is 5.88 Å². The first-order valence-corrected chi connectivity index (χ1v) is 6.08. The molecule has 1 saturated carbocycles. The number of rotatable bonds is 6. The zero-order valence-corrected chi connectivity index (χ0v) is 10.3. The molecule has 1 aromatic heterocycles. The highest BCUT2D eigenvalue weighted by Crippen LogP contribution is 2.45. The Hall–Kier alpha value is -0.800. The van der Waals surface area contributed by atoms with E-state index in [1.165, 1.54) is 12.8 Å². The van der Waals surface area contributed by atoms with Crippen molar-refractivity contribution in [2.45, 2.75) is 19.4 Å². The van der Waals surface area contributed by atoms with Gasteiger partial charge in [-0.2, -0.15) is 0 Å². The first-order valence-electron chi connectivity index (χ1n) is 5.55. The van der Waals surface area contributed by atoms with Crippen LogP contribution in [0.1, 0.15) is 18.5 Å². The van der Waals surface area contributed by atoms with Gasteiger partial charge < -0.3 is 10.1 Å². The van der Waals surface area contributed by atoms with E-state index in [2.05, 4.69) is 10.3 Å². The summed E-state index contributed by atoms with van der Waals surface area (Å²) in [6, 6.07) is 5.80. The minimum Gasteiger partial charge on any atom is -0.481 e. The Kier molecular flexibility index (Phi) is 3.66. The Morgan fingerprint density at radius 2 is 2.31 bits per heavy atom. The minimum atomic E-state index is 0.362. The Labute approximate surface area is 101 Å². The molecule has 1 aliphatic carbocycles. The van der Waals surface area contributed by atoms with Gasteiger partial charge in [0.15, 0.2) is 0 Å². The lowest BCUT2D eigenvalue weighted by molar-refractivity contribution is 0.395. The Morgan fingerprint density at radius 3 is 2.94 bits per heavy atom. The van der Waals surface area contributed by atoms with E-state index in [4.69, 9.17) is 16.3 Å². The van der Waals surface area contributed by atoms with E-state index < -0.39 is 0 Å². The van der Waals surface area contributed by atoms with Crippen LogP contribution in [-0.4, -0.2) is 24.5 Å². The standard InChI is InChI=1S/C12H17ClN2O/c1-16-11-4-2-3-10(15-11)7-14-9-12(8-13)5-6-12/h2-4,14H,5-9H2,1H3. The molecule has 0 unspecified atom stereocenters. The molecule has 0 atom stereocenters. The SMILES string of the molecule is COc1cccc(CNCC2(CCl)CC2)n1. The predicted octanol–water partition coefficient (Wildman–Crippen LogP) is 2.20. The van der Waals surface area contributed by atoms with Gasteiger partial charge in [-0.25, -0.2) is 4.98 Å². The number of hydrogen-bond donors (Lipinski definition) is 1. The van der Waals surface area contributed by atoms with Gasteiger partial charge >= 0.3 is 0 Å². The second-order valence-corrected chi connectivity index (χ2v) is 4.68. The molecule has 0 saturated heterocycles. The average Bonchev–Trinajstić information content (AvgIpc) is 3.10. The normalized spacial score (nSPS) is 17.1. The summed E-state index contributed by atoms with van der Waals surface area (Å²) in [5, 5.41) is 3.40. The molecule has 1 aromatic rings. The maximum Gasteiger partial charge on any atom is 0.213 e. The van der Waals surface area contributed by atoms with Crippen LogP contribution >= 0.6 is 11.6 Å². The topological polar surface area (TPSA) is 34.1 Å². The lowest BCUT2D eigenvalue weighted by atomic mass is 10.1. The van der Waals surface area contributed by atoms with Crippen molar-refractivity contribution in [1.29, 1.82) is 0 Å². The number of alkyl halides is 1. The van der Waals surface area contributed by atoms with Gasteiger partial charge in [-0.05, 0) is 24.3 Å². The molecule has 0 radical (unpaired) electrons. The number of pyridine rings is 1. The van der Waals surface area contributed by atoms with Gasteiger partial charge in [0, 0.05) is 25.0 Å². The highest BCUT2D eigenvalue weighted by Gasteiger charge is 2.41. The lowest BCUT2D eigenvalue weighted by Crippen LogP contribution is -2.25. The molecule has 1 aliphatic rings. The first-order chi connectivity index (χ1) is 7.78. The van der Waals surface area contributed by atoms with E-state index in [-0.39, 0.29) is 0 Å². The molecule has 0 spiro atoms. The van der Waals surface area contributed by atoms with Gasteiger partial charge in [-0.1, -0.05) is 6.07 Å². The van der Waals surface area contributed by atoms with Crippen LogP contribution in [0, 0.1) is 5.41 Å². The second-order valence-electron chi connectivity index (χ2n) is 4.41. The zero-order valence-electron chi connectivity index (χ0n) is 9.50. The summed E-state index contributed by atoms with van der Waals surface area (Å²) in [7, 11) is 1.63. The van der Waals surface area contributed by atoms with Crippen LogP contribution in [0.3, 0.4) is 0 Å². The fourth-order valence-corrected chi connectivity index (χ4v) is 2.02. The number of ether oxygens (including phenoxy) is 1. The largest absolute Gasteiger partial charge is 0.481 e. The summed E-state index contributed by atoms with van der Waals surface area (Å²) < 4.78 is 5.08. The molecular weight excluding hydrogens is 224 g/mol. The number of halogens is 1. The second kappa shape index (κ2) is 5.02. The molecule has 2 rings (SSSR count). The summed E-state index contributed by atoms with van der Waals surface area (Å²) in [5.74, 6) is 1.42. The van der Waals surface area contributed by atoms with Gasteiger partial charge in [-0.3, -0.25) is 0 Å². The molecule has 0 aliphatic heterocycles. The summed E-state index contributed by atoms with van der Waals surface area (Å²) in [5.41, 5.74) is 1.37. The Bertz CT molecular complexity index is 353.